The van der Waals surface area contributed by atoms with Crippen molar-refractivity contribution in [3.8, 4) is 0 Å². The number of nitrogens with two attached hydrogens (primary N) is 1. The number of benzene rings is 1. The van der Waals surface area contributed by atoms with Gasteiger partial charge in [-0.2, -0.15) is 0 Å². The lowest BCUT2D eigenvalue weighted by Gasteiger charge is -2.28. The van der Waals surface area contributed by atoms with Crippen LogP contribution >= 0.6 is 27.5 Å². The van der Waals surface area contributed by atoms with Crippen molar-refractivity contribution >= 4 is 27.5 Å². The zero-order chi connectivity index (χ0) is 13.6. The second-order valence-electron chi connectivity index (χ2n) is 5.18. The van der Waals surface area contributed by atoms with Crippen LogP contribution < -0.4 is 11.3 Å². The van der Waals surface area contributed by atoms with Crippen LogP contribution in [0.25, 0.3) is 0 Å². The van der Waals surface area contributed by atoms with Gasteiger partial charge in [-0.1, -0.05) is 17.7 Å². The van der Waals surface area contributed by atoms with Gasteiger partial charge in [0.15, 0.2) is 0 Å². The zero-order valence-electron chi connectivity index (χ0n) is 10.2. The molecule has 2 aliphatic rings. The van der Waals surface area contributed by atoms with E-state index in [1.807, 2.05) is 0 Å². The van der Waals surface area contributed by atoms with Gasteiger partial charge >= 0.3 is 0 Å². The van der Waals surface area contributed by atoms with Crippen molar-refractivity contribution in [2.24, 2.45) is 11.8 Å². The molecule has 4 atom stereocenters. The van der Waals surface area contributed by atoms with Crippen LogP contribution in [0, 0.1) is 11.7 Å². The standard InChI is InChI=1S/C13H15BrClFN2O/c14-9-3-2-7(12(16)11(9)15)13(18-17)8-5-6-1-4-10(8)19-6/h2-3,6,8,10,13,18H,1,4-5,17H2. The summed E-state index contributed by atoms with van der Waals surface area (Å²) in [6, 6.07) is 3.21. The van der Waals surface area contributed by atoms with Crippen LogP contribution in [-0.2, 0) is 4.74 Å². The maximum atomic E-state index is 14.3. The summed E-state index contributed by atoms with van der Waals surface area (Å²) in [5.74, 6) is 5.44. The van der Waals surface area contributed by atoms with E-state index in [2.05, 4.69) is 21.4 Å². The highest BCUT2D eigenvalue weighted by Crippen LogP contribution is 2.45. The maximum Gasteiger partial charge on any atom is 0.147 e. The van der Waals surface area contributed by atoms with Crippen molar-refractivity contribution in [1.29, 1.82) is 0 Å². The Hall–Kier alpha value is -0.200. The SMILES string of the molecule is NNC(c1ccc(Br)c(Cl)c1F)C1CC2CCC1O2. The summed E-state index contributed by atoms with van der Waals surface area (Å²) in [6.45, 7) is 0. The molecule has 0 saturated carbocycles. The molecule has 0 aliphatic carbocycles. The fourth-order valence-electron chi connectivity index (χ4n) is 3.25. The molecule has 2 aliphatic heterocycles. The van der Waals surface area contributed by atoms with Gasteiger partial charge in [-0.25, -0.2) is 4.39 Å². The highest BCUT2D eigenvalue weighted by molar-refractivity contribution is 9.10. The lowest BCUT2D eigenvalue weighted by atomic mass is 9.81. The molecule has 0 amide bonds. The third-order valence-electron chi connectivity index (χ3n) is 4.16. The Labute approximate surface area is 124 Å². The van der Waals surface area contributed by atoms with Gasteiger partial charge in [0.25, 0.3) is 0 Å². The predicted molar refractivity (Wildman–Crippen MR) is 75.2 cm³/mol. The van der Waals surface area contributed by atoms with E-state index in [0.29, 0.717) is 16.1 Å². The van der Waals surface area contributed by atoms with E-state index >= 15 is 0 Å². The molecule has 3 rings (SSSR count). The van der Waals surface area contributed by atoms with Crippen LogP contribution in [0.3, 0.4) is 0 Å². The Morgan fingerprint density at radius 1 is 1.47 bits per heavy atom. The first-order chi connectivity index (χ1) is 9.11. The molecule has 2 bridgehead atoms. The van der Waals surface area contributed by atoms with Crippen molar-refractivity contribution < 1.29 is 9.13 Å². The highest BCUT2D eigenvalue weighted by atomic mass is 79.9. The average Bonchev–Trinajstić information content (AvgIpc) is 3.02. The smallest absolute Gasteiger partial charge is 0.147 e. The predicted octanol–water partition coefficient (Wildman–Crippen LogP) is 3.31. The molecule has 4 unspecified atom stereocenters. The van der Waals surface area contributed by atoms with Crippen molar-refractivity contribution in [3.05, 3.63) is 33.0 Å². The van der Waals surface area contributed by atoms with Crippen LogP contribution in [0.1, 0.15) is 30.9 Å². The summed E-state index contributed by atoms with van der Waals surface area (Å²) in [4.78, 5) is 0. The molecule has 19 heavy (non-hydrogen) atoms. The van der Waals surface area contributed by atoms with Crippen LogP contribution in [0.15, 0.2) is 16.6 Å². The fraction of sp³-hybridized carbons (Fsp3) is 0.538. The Morgan fingerprint density at radius 2 is 2.26 bits per heavy atom. The number of hydrazine groups is 1. The number of ether oxygens (including phenoxy) is 1. The summed E-state index contributed by atoms with van der Waals surface area (Å²) >= 11 is 9.17. The van der Waals surface area contributed by atoms with E-state index in [1.165, 1.54) is 0 Å². The number of rotatable bonds is 3. The second-order valence-corrected chi connectivity index (χ2v) is 6.41. The maximum absolute atomic E-state index is 14.3. The number of hydrogen-bond donors (Lipinski definition) is 2. The van der Waals surface area contributed by atoms with Crippen LogP contribution in [0.2, 0.25) is 5.02 Å². The first-order valence-corrected chi connectivity index (χ1v) is 7.54. The normalized spacial score (nSPS) is 30.8. The minimum Gasteiger partial charge on any atom is -0.375 e. The van der Waals surface area contributed by atoms with E-state index in [4.69, 9.17) is 22.2 Å². The lowest BCUT2D eigenvalue weighted by Crippen LogP contribution is -2.38. The molecule has 3 nitrogen and oxygen atoms in total. The lowest BCUT2D eigenvalue weighted by molar-refractivity contribution is 0.0854. The van der Waals surface area contributed by atoms with Crippen molar-refractivity contribution in [3.63, 3.8) is 0 Å². The molecule has 0 spiro atoms. The molecule has 3 N–H and O–H groups in total. The first-order valence-electron chi connectivity index (χ1n) is 6.36. The molecule has 6 heteroatoms. The number of hydrogen-bond acceptors (Lipinski definition) is 3. The van der Waals surface area contributed by atoms with Gasteiger partial charge in [-0.05, 0) is 41.3 Å². The molecule has 104 valence electrons. The van der Waals surface area contributed by atoms with Gasteiger partial charge < -0.3 is 4.74 Å². The molecule has 2 heterocycles. The summed E-state index contributed by atoms with van der Waals surface area (Å²) < 4.78 is 20.7. The molecule has 2 saturated heterocycles. The largest absolute Gasteiger partial charge is 0.375 e. The van der Waals surface area contributed by atoms with Crippen molar-refractivity contribution in [1.82, 2.24) is 5.43 Å². The van der Waals surface area contributed by atoms with E-state index < -0.39 is 5.82 Å². The quantitative estimate of drug-likeness (QED) is 0.500. The van der Waals surface area contributed by atoms with Gasteiger partial charge in [0.05, 0.1) is 23.3 Å². The molecule has 2 fully saturated rings. The van der Waals surface area contributed by atoms with Gasteiger partial charge in [0.1, 0.15) is 5.82 Å². The van der Waals surface area contributed by atoms with Crippen molar-refractivity contribution in [2.75, 3.05) is 0 Å². The molecule has 0 aromatic heterocycles. The van der Waals surface area contributed by atoms with Crippen LogP contribution in [0.4, 0.5) is 4.39 Å². The molecule has 1 aromatic carbocycles. The highest BCUT2D eigenvalue weighted by Gasteiger charge is 2.45. The Morgan fingerprint density at radius 3 is 2.84 bits per heavy atom. The van der Waals surface area contributed by atoms with Crippen LogP contribution in [-0.4, -0.2) is 12.2 Å². The first kappa shape index (κ1) is 13.8. The zero-order valence-corrected chi connectivity index (χ0v) is 12.5. The topological polar surface area (TPSA) is 47.3 Å². The summed E-state index contributed by atoms with van der Waals surface area (Å²) in [7, 11) is 0. The minimum atomic E-state index is -0.415. The summed E-state index contributed by atoms with van der Waals surface area (Å²) in [6.07, 6.45) is 3.53. The molecular weight excluding hydrogens is 335 g/mol. The second kappa shape index (κ2) is 5.30. The molecule has 1 aromatic rings. The van der Waals surface area contributed by atoms with Crippen LogP contribution in [0.5, 0.6) is 0 Å². The monoisotopic (exact) mass is 348 g/mol. The molecule has 0 radical (unpaired) electrons. The van der Waals surface area contributed by atoms with E-state index in [1.54, 1.807) is 12.1 Å². The third kappa shape index (κ3) is 2.32. The van der Waals surface area contributed by atoms with Gasteiger partial charge in [-0.3, -0.25) is 11.3 Å². The van der Waals surface area contributed by atoms with Gasteiger partial charge in [-0.15, -0.1) is 0 Å². The number of nitrogens with one attached hydrogen (secondary N) is 1. The Bertz CT molecular complexity index is 502. The van der Waals surface area contributed by atoms with Gasteiger partial charge in [0, 0.05) is 16.0 Å². The third-order valence-corrected chi connectivity index (χ3v) is 5.42. The summed E-state index contributed by atoms with van der Waals surface area (Å²) in [5, 5.41) is 0.0989. The Kier molecular flexibility index (Phi) is 3.84. The van der Waals surface area contributed by atoms with E-state index in [0.717, 1.165) is 19.3 Å². The van der Waals surface area contributed by atoms with E-state index in [9.17, 15) is 4.39 Å². The number of halogens is 3. The van der Waals surface area contributed by atoms with Gasteiger partial charge in [0.2, 0.25) is 0 Å². The number of fused-ring (bicyclic) bond motifs is 2. The van der Waals surface area contributed by atoms with E-state index in [-0.39, 0.29) is 23.1 Å². The van der Waals surface area contributed by atoms with Crippen molar-refractivity contribution in [2.45, 2.75) is 37.5 Å². The Balaban J connectivity index is 1.93. The minimum absolute atomic E-state index is 0.0989. The summed E-state index contributed by atoms with van der Waals surface area (Å²) in [5.41, 5.74) is 3.25. The average molecular weight is 350 g/mol. The molecular formula is C13H15BrClFN2O. The fourth-order valence-corrected chi connectivity index (χ4v) is 3.73.